The predicted molar refractivity (Wildman–Crippen MR) is 93.6 cm³/mol. The van der Waals surface area contributed by atoms with Gasteiger partial charge in [0.05, 0.1) is 13.0 Å². The van der Waals surface area contributed by atoms with E-state index in [9.17, 15) is 9.59 Å². The highest BCUT2D eigenvalue weighted by atomic mass is 16.5. The lowest BCUT2D eigenvalue weighted by Gasteiger charge is -2.25. The summed E-state index contributed by atoms with van der Waals surface area (Å²) in [6.07, 6.45) is 7.52. The maximum atomic E-state index is 12.3. The fourth-order valence-electron chi connectivity index (χ4n) is 3.34. The van der Waals surface area contributed by atoms with E-state index in [1.54, 1.807) is 0 Å². The highest BCUT2D eigenvalue weighted by Crippen LogP contribution is 2.35. The second kappa shape index (κ2) is 9.45. The molecule has 132 valence electrons. The van der Waals surface area contributed by atoms with Crippen molar-refractivity contribution in [1.82, 2.24) is 0 Å². The van der Waals surface area contributed by atoms with Gasteiger partial charge in [-0.1, -0.05) is 32.3 Å². The third-order valence-corrected chi connectivity index (χ3v) is 4.67. The summed E-state index contributed by atoms with van der Waals surface area (Å²) in [7, 11) is 0. The lowest BCUT2D eigenvalue weighted by atomic mass is 9.79. The summed E-state index contributed by atoms with van der Waals surface area (Å²) in [5.41, 5.74) is 2.25. The minimum Gasteiger partial charge on any atom is -0.494 e. The molecule has 1 N–H and O–H groups in total. The van der Waals surface area contributed by atoms with Crippen molar-refractivity contribution < 1.29 is 19.4 Å². The summed E-state index contributed by atoms with van der Waals surface area (Å²) in [4.78, 5) is 23.0. The van der Waals surface area contributed by atoms with Crippen LogP contribution in [0.25, 0.3) is 0 Å². The Labute approximate surface area is 144 Å². The first-order chi connectivity index (χ1) is 11.6. The molecule has 1 aliphatic carbocycles. The lowest BCUT2D eigenvalue weighted by Crippen LogP contribution is -2.19. The van der Waals surface area contributed by atoms with E-state index in [2.05, 4.69) is 13.0 Å². The molecule has 0 aromatic heterocycles. The molecule has 2 rings (SSSR count). The Morgan fingerprint density at radius 1 is 1.21 bits per heavy atom. The van der Waals surface area contributed by atoms with Crippen LogP contribution in [0.1, 0.15) is 75.3 Å². The first-order valence-corrected chi connectivity index (χ1v) is 9.12. The van der Waals surface area contributed by atoms with Crippen LogP contribution in [0.3, 0.4) is 0 Å². The Morgan fingerprint density at radius 3 is 2.79 bits per heavy atom. The number of fused-ring (bicyclic) bond motifs is 1. The number of aryl methyl sites for hydroxylation is 1. The van der Waals surface area contributed by atoms with Crippen LogP contribution in [-0.2, 0) is 16.0 Å². The SMILES string of the molecule is CCCCCCOc1ccc2c(c1)CCCC2C(=O)CCC(=O)O. The number of rotatable bonds is 10. The van der Waals surface area contributed by atoms with Crippen LogP contribution in [0.5, 0.6) is 5.75 Å². The minimum absolute atomic E-state index is 0.0478. The Hall–Kier alpha value is -1.84. The molecule has 0 saturated carbocycles. The number of unbranched alkanes of at least 4 members (excludes halogenated alkanes) is 3. The van der Waals surface area contributed by atoms with Crippen LogP contribution >= 0.6 is 0 Å². The topological polar surface area (TPSA) is 63.6 Å². The van der Waals surface area contributed by atoms with E-state index in [0.29, 0.717) is 0 Å². The fraction of sp³-hybridized carbons (Fsp3) is 0.600. The second-order valence-electron chi connectivity index (χ2n) is 6.57. The molecule has 1 aromatic carbocycles. The highest BCUT2D eigenvalue weighted by Gasteiger charge is 2.26. The number of hydrogen-bond acceptors (Lipinski definition) is 3. The first-order valence-electron chi connectivity index (χ1n) is 9.12. The van der Waals surface area contributed by atoms with Gasteiger partial charge in [-0.2, -0.15) is 0 Å². The third kappa shape index (κ3) is 5.36. The molecule has 0 saturated heterocycles. The molecule has 1 aliphatic rings. The van der Waals surface area contributed by atoms with Crippen LogP contribution in [0, 0.1) is 0 Å². The Kier molecular flexibility index (Phi) is 7.29. The van der Waals surface area contributed by atoms with Gasteiger partial charge < -0.3 is 9.84 Å². The average molecular weight is 332 g/mol. The van der Waals surface area contributed by atoms with E-state index >= 15 is 0 Å². The Morgan fingerprint density at radius 2 is 2.04 bits per heavy atom. The second-order valence-corrected chi connectivity index (χ2v) is 6.57. The Bertz CT molecular complexity index is 565. The zero-order chi connectivity index (χ0) is 17.4. The van der Waals surface area contributed by atoms with Crippen LogP contribution in [0.4, 0.5) is 0 Å². The zero-order valence-corrected chi connectivity index (χ0v) is 14.6. The summed E-state index contributed by atoms with van der Waals surface area (Å²) in [6.45, 7) is 2.93. The molecule has 4 nitrogen and oxygen atoms in total. The molecule has 0 bridgehead atoms. The maximum absolute atomic E-state index is 12.3. The summed E-state index contributed by atoms with van der Waals surface area (Å²) in [5, 5.41) is 8.76. The summed E-state index contributed by atoms with van der Waals surface area (Å²) in [6, 6.07) is 6.01. The smallest absolute Gasteiger partial charge is 0.303 e. The van der Waals surface area contributed by atoms with Crippen LogP contribution in [-0.4, -0.2) is 23.5 Å². The Balaban J connectivity index is 1.96. The van der Waals surface area contributed by atoms with Crippen LogP contribution in [0.2, 0.25) is 0 Å². The highest BCUT2D eigenvalue weighted by molar-refractivity contribution is 5.88. The number of ketones is 1. The van der Waals surface area contributed by atoms with Gasteiger partial charge in [-0.05, 0) is 48.9 Å². The first kappa shape index (κ1) is 18.5. The van der Waals surface area contributed by atoms with Crippen molar-refractivity contribution in [2.24, 2.45) is 0 Å². The standard InChI is InChI=1S/C20H28O4/c1-2-3-4-5-13-24-16-9-10-17-15(14-16)7-6-8-18(17)19(21)11-12-20(22)23/h9-10,14,18H,2-8,11-13H2,1H3,(H,22,23). The van der Waals surface area contributed by atoms with Crippen molar-refractivity contribution in [2.45, 2.75) is 70.6 Å². The molecule has 1 aromatic rings. The van der Waals surface area contributed by atoms with Crippen molar-refractivity contribution in [3.63, 3.8) is 0 Å². The van der Waals surface area contributed by atoms with Crippen molar-refractivity contribution in [1.29, 1.82) is 0 Å². The van der Waals surface area contributed by atoms with Gasteiger partial charge in [0.25, 0.3) is 0 Å². The fourth-order valence-corrected chi connectivity index (χ4v) is 3.34. The van der Waals surface area contributed by atoms with E-state index in [-0.39, 0.29) is 24.5 Å². The van der Waals surface area contributed by atoms with Gasteiger partial charge in [0.1, 0.15) is 11.5 Å². The molecular formula is C20H28O4. The van der Waals surface area contributed by atoms with Gasteiger partial charge in [0.15, 0.2) is 0 Å². The largest absolute Gasteiger partial charge is 0.494 e. The molecule has 4 heteroatoms. The van der Waals surface area contributed by atoms with Gasteiger partial charge in [-0.3, -0.25) is 9.59 Å². The van der Waals surface area contributed by atoms with Gasteiger partial charge >= 0.3 is 5.97 Å². The van der Waals surface area contributed by atoms with E-state index < -0.39 is 5.97 Å². The monoisotopic (exact) mass is 332 g/mol. The molecular weight excluding hydrogens is 304 g/mol. The molecule has 1 unspecified atom stereocenters. The number of hydrogen-bond donors (Lipinski definition) is 1. The van der Waals surface area contributed by atoms with Crippen LogP contribution in [0.15, 0.2) is 18.2 Å². The van der Waals surface area contributed by atoms with Gasteiger partial charge in [-0.25, -0.2) is 0 Å². The van der Waals surface area contributed by atoms with Crippen molar-refractivity contribution in [3.05, 3.63) is 29.3 Å². The number of ether oxygens (including phenoxy) is 1. The van der Waals surface area contributed by atoms with Crippen LogP contribution < -0.4 is 4.74 Å². The zero-order valence-electron chi connectivity index (χ0n) is 14.6. The number of aliphatic carboxylic acids is 1. The number of carboxylic acid groups (broad SMARTS) is 1. The molecule has 0 amide bonds. The average Bonchev–Trinajstić information content (AvgIpc) is 2.58. The van der Waals surface area contributed by atoms with Gasteiger partial charge in [0.2, 0.25) is 0 Å². The number of carbonyl (C=O) groups is 2. The number of benzene rings is 1. The minimum atomic E-state index is -0.911. The van der Waals surface area contributed by atoms with Crippen molar-refractivity contribution in [3.8, 4) is 5.75 Å². The number of carbonyl (C=O) groups excluding carboxylic acids is 1. The van der Waals surface area contributed by atoms with E-state index in [0.717, 1.165) is 43.6 Å². The molecule has 0 heterocycles. The third-order valence-electron chi connectivity index (χ3n) is 4.67. The van der Waals surface area contributed by atoms with Gasteiger partial charge in [0, 0.05) is 12.3 Å². The molecule has 0 fully saturated rings. The molecule has 24 heavy (non-hydrogen) atoms. The quantitative estimate of drug-likeness (QED) is 0.641. The van der Waals surface area contributed by atoms with E-state index in [4.69, 9.17) is 9.84 Å². The maximum Gasteiger partial charge on any atom is 0.303 e. The predicted octanol–water partition coefficient (Wildman–Crippen LogP) is 4.50. The van der Waals surface area contributed by atoms with E-state index in [1.807, 2.05) is 12.1 Å². The van der Waals surface area contributed by atoms with Gasteiger partial charge in [-0.15, -0.1) is 0 Å². The molecule has 0 spiro atoms. The van der Waals surface area contributed by atoms with Crippen molar-refractivity contribution >= 4 is 11.8 Å². The molecule has 1 atom stereocenters. The summed E-state index contributed by atoms with van der Waals surface area (Å²) in [5.74, 6) is -0.131. The molecule has 0 aliphatic heterocycles. The normalized spacial score (nSPS) is 16.5. The summed E-state index contributed by atoms with van der Waals surface area (Å²) < 4.78 is 5.83. The van der Waals surface area contributed by atoms with E-state index in [1.165, 1.54) is 24.8 Å². The number of carboxylic acids is 1. The lowest BCUT2D eigenvalue weighted by molar-refractivity contribution is -0.138. The number of Topliss-reactive ketones (excluding diaryl/α,β-unsaturated/α-hetero) is 1. The summed E-state index contributed by atoms with van der Waals surface area (Å²) >= 11 is 0. The van der Waals surface area contributed by atoms with Crippen molar-refractivity contribution in [2.75, 3.05) is 6.61 Å². The molecule has 0 radical (unpaired) electrons.